The lowest BCUT2D eigenvalue weighted by molar-refractivity contribution is -0.113. The Hall–Kier alpha value is -2.84. The van der Waals surface area contributed by atoms with Crippen molar-refractivity contribution in [3.05, 3.63) is 73.5 Å². The highest BCUT2D eigenvalue weighted by atomic mass is 79.9. The van der Waals surface area contributed by atoms with E-state index in [1.807, 2.05) is 48.5 Å². The van der Waals surface area contributed by atoms with Gasteiger partial charge in [0, 0.05) is 22.1 Å². The molecule has 30 heavy (non-hydrogen) atoms. The van der Waals surface area contributed by atoms with Crippen molar-refractivity contribution in [2.24, 2.45) is 0 Å². The number of hydrogen-bond acceptors (Lipinski definition) is 5. The summed E-state index contributed by atoms with van der Waals surface area (Å²) in [6.07, 6.45) is 1.88. The van der Waals surface area contributed by atoms with E-state index in [1.165, 1.54) is 15.9 Å². The van der Waals surface area contributed by atoms with Crippen LogP contribution in [0.25, 0.3) is 21.9 Å². The van der Waals surface area contributed by atoms with Gasteiger partial charge in [-0.25, -0.2) is 0 Å². The Morgan fingerprint density at radius 3 is 2.63 bits per heavy atom. The van der Waals surface area contributed by atoms with E-state index in [4.69, 9.17) is 0 Å². The van der Waals surface area contributed by atoms with E-state index < -0.39 is 0 Å². The topological polar surface area (TPSA) is 67.6 Å². The first-order valence-electron chi connectivity index (χ1n) is 9.69. The highest BCUT2D eigenvalue weighted by Gasteiger charge is 2.34. The van der Waals surface area contributed by atoms with Gasteiger partial charge in [-0.15, -0.1) is 5.10 Å². The molecule has 4 aromatic rings. The number of thiazole rings is 1. The average Bonchev–Trinajstić information content (AvgIpc) is 3.38. The first kappa shape index (κ1) is 19.1. The van der Waals surface area contributed by atoms with Crippen LogP contribution in [0.3, 0.4) is 0 Å². The van der Waals surface area contributed by atoms with Crippen LogP contribution < -0.4 is 15.0 Å². The molecule has 2 aromatic heterocycles. The molecule has 0 saturated carbocycles. The van der Waals surface area contributed by atoms with Crippen molar-refractivity contribution < 1.29 is 4.79 Å². The highest BCUT2D eigenvalue weighted by molar-refractivity contribution is 9.10. The van der Waals surface area contributed by atoms with Crippen LogP contribution in [0.5, 0.6) is 0 Å². The molecule has 0 fully saturated rings. The summed E-state index contributed by atoms with van der Waals surface area (Å²) in [5, 5.41) is 4.40. The summed E-state index contributed by atoms with van der Waals surface area (Å²) < 4.78 is 2.55. The molecule has 1 aliphatic rings. The normalized spacial score (nSPS) is 15.3. The monoisotopic (exact) mass is 480 g/mol. The molecule has 1 aliphatic heterocycles. The first-order valence-corrected chi connectivity index (χ1v) is 11.3. The minimum absolute atomic E-state index is 0.138. The van der Waals surface area contributed by atoms with Gasteiger partial charge in [0.1, 0.15) is 4.53 Å². The lowest BCUT2D eigenvalue weighted by Gasteiger charge is -2.16. The van der Waals surface area contributed by atoms with E-state index in [9.17, 15) is 9.59 Å². The van der Waals surface area contributed by atoms with E-state index in [2.05, 4.69) is 32.9 Å². The lowest BCUT2D eigenvalue weighted by atomic mass is 10.1. The number of aromatic nitrogens is 3. The third kappa shape index (κ3) is 2.98. The SMILES string of the molecule is CCCCN1C(=O)/C(=c2\sc3nc(-c4ccccc4)nn3c2=O)c2cc(Br)ccc21. The van der Waals surface area contributed by atoms with Crippen LogP contribution in [0.15, 0.2) is 57.8 Å². The van der Waals surface area contributed by atoms with Crippen molar-refractivity contribution in [3.63, 3.8) is 0 Å². The zero-order valence-corrected chi connectivity index (χ0v) is 18.5. The highest BCUT2D eigenvalue weighted by Crippen LogP contribution is 2.37. The van der Waals surface area contributed by atoms with E-state index >= 15 is 0 Å². The molecule has 0 N–H and O–H groups in total. The van der Waals surface area contributed by atoms with Gasteiger partial charge < -0.3 is 4.90 Å². The number of fused-ring (bicyclic) bond motifs is 2. The van der Waals surface area contributed by atoms with E-state index in [0.717, 1.165) is 34.1 Å². The summed E-state index contributed by atoms with van der Waals surface area (Å²) in [6, 6.07) is 15.3. The third-order valence-electron chi connectivity index (χ3n) is 5.13. The molecule has 0 radical (unpaired) electrons. The minimum Gasteiger partial charge on any atom is -0.308 e. The van der Waals surface area contributed by atoms with Crippen LogP contribution in [0.1, 0.15) is 25.3 Å². The van der Waals surface area contributed by atoms with Gasteiger partial charge in [-0.3, -0.25) is 9.59 Å². The number of carbonyl (C=O) groups is 1. The number of rotatable bonds is 4. The second-order valence-electron chi connectivity index (χ2n) is 7.08. The second kappa shape index (κ2) is 7.45. The molecule has 0 spiro atoms. The molecule has 150 valence electrons. The molecule has 0 bridgehead atoms. The molecule has 8 heteroatoms. The number of nitrogens with zero attached hydrogens (tertiary/aromatic N) is 4. The Kier molecular flexibility index (Phi) is 4.75. The van der Waals surface area contributed by atoms with Crippen LogP contribution >= 0.6 is 27.3 Å². The molecule has 0 saturated heterocycles. The lowest BCUT2D eigenvalue weighted by Crippen LogP contribution is -2.33. The number of halogens is 1. The van der Waals surface area contributed by atoms with Crippen LogP contribution in [0.2, 0.25) is 0 Å². The van der Waals surface area contributed by atoms with Crippen LogP contribution in [-0.2, 0) is 4.79 Å². The summed E-state index contributed by atoms with van der Waals surface area (Å²) in [5.74, 6) is 0.363. The van der Waals surface area contributed by atoms with Crippen molar-refractivity contribution >= 4 is 49.4 Å². The Morgan fingerprint density at radius 1 is 1.10 bits per heavy atom. The number of amides is 1. The summed E-state index contributed by atoms with van der Waals surface area (Å²) in [6.45, 7) is 2.72. The number of anilines is 1. The largest absolute Gasteiger partial charge is 0.308 e. The Balaban J connectivity index is 1.72. The van der Waals surface area contributed by atoms with Gasteiger partial charge in [0.2, 0.25) is 4.96 Å². The molecule has 3 heterocycles. The standard InChI is InChI=1S/C22H17BrN4O2S/c1-2-3-11-26-16-10-9-14(23)12-15(16)17(20(26)28)18-21(29)27-22(30-18)24-19(25-27)13-7-5-4-6-8-13/h4-10,12H,2-3,11H2,1H3/b18-17-. The average molecular weight is 481 g/mol. The smallest absolute Gasteiger partial charge is 0.291 e. The quantitative estimate of drug-likeness (QED) is 0.447. The summed E-state index contributed by atoms with van der Waals surface area (Å²) in [5.41, 5.74) is 2.59. The van der Waals surface area contributed by atoms with Crippen LogP contribution in [-0.4, -0.2) is 27.0 Å². The van der Waals surface area contributed by atoms with Crippen LogP contribution in [0.4, 0.5) is 5.69 Å². The van der Waals surface area contributed by atoms with Gasteiger partial charge in [-0.1, -0.05) is 70.9 Å². The molecule has 6 nitrogen and oxygen atoms in total. The van der Waals surface area contributed by atoms with Gasteiger partial charge in [0.15, 0.2) is 5.82 Å². The summed E-state index contributed by atoms with van der Waals surface area (Å²) >= 11 is 4.70. The predicted molar refractivity (Wildman–Crippen MR) is 122 cm³/mol. The van der Waals surface area contributed by atoms with Crippen molar-refractivity contribution in [2.75, 3.05) is 11.4 Å². The fourth-order valence-electron chi connectivity index (χ4n) is 3.66. The molecule has 2 aromatic carbocycles. The number of carbonyl (C=O) groups excluding carboxylic acids is 1. The third-order valence-corrected chi connectivity index (χ3v) is 6.65. The number of benzene rings is 2. The van der Waals surface area contributed by atoms with Gasteiger partial charge >= 0.3 is 0 Å². The Morgan fingerprint density at radius 2 is 1.90 bits per heavy atom. The van der Waals surface area contributed by atoms with Crippen molar-refractivity contribution in [1.82, 2.24) is 14.6 Å². The van der Waals surface area contributed by atoms with Crippen LogP contribution in [0, 0.1) is 0 Å². The summed E-state index contributed by atoms with van der Waals surface area (Å²) in [7, 11) is 0. The Labute approximate surface area is 184 Å². The van der Waals surface area contributed by atoms with E-state index in [0.29, 0.717) is 27.4 Å². The molecule has 0 unspecified atom stereocenters. The zero-order chi connectivity index (χ0) is 20.8. The van der Waals surface area contributed by atoms with E-state index in [1.54, 1.807) is 4.90 Å². The van der Waals surface area contributed by atoms with E-state index in [-0.39, 0.29) is 11.5 Å². The van der Waals surface area contributed by atoms with Gasteiger partial charge in [-0.05, 0) is 24.6 Å². The molecular formula is C22H17BrN4O2S. The number of unbranched alkanes of at least 4 members (excludes halogenated alkanes) is 1. The zero-order valence-electron chi connectivity index (χ0n) is 16.1. The second-order valence-corrected chi connectivity index (χ2v) is 8.97. The van der Waals surface area contributed by atoms with Crippen molar-refractivity contribution in [1.29, 1.82) is 0 Å². The Bertz CT molecular complexity index is 1390. The molecule has 1 amide bonds. The molecular weight excluding hydrogens is 464 g/mol. The molecule has 0 atom stereocenters. The minimum atomic E-state index is -0.309. The predicted octanol–water partition coefficient (Wildman–Crippen LogP) is 3.65. The summed E-state index contributed by atoms with van der Waals surface area (Å²) in [4.78, 5) is 33.3. The maximum Gasteiger partial charge on any atom is 0.291 e. The fourth-order valence-corrected chi connectivity index (χ4v) is 5.01. The van der Waals surface area contributed by atoms with Gasteiger partial charge in [-0.2, -0.15) is 9.50 Å². The van der Waals surface area contributed by atoms with Gasteiger partial charge in [0.25, 0.3) is 11.5 Å². The maximum absolute atomic E-state index is 13.3. The first-order chi connectivity index (χ1) is 14.6. The van der Waals surface area contributed by atoms with Crippen molar-refractivity contribution in [2.45, 2.75) is 19.8 Å². The van der Waals surface area contributed by atoms with Gasteiger partial charge in [0.05, 0.1) is 11.3 Å². The van der Waals surface area contributed by atoms with Crippen molar-refractivity contribution in [3.8, 4) is 11.4 Å². The fraction of sp³-hybridized carbons (Fsp3) is 0.182. The maximum atomic E-state index is 13.3. The molecule has 5 rings (SSSR count). The molecule has 0 aliphatic carbocycles. The number of hydrogen-bond donors (Lipinski definition) is 0.